The average molecular weight is 474 g/mol. The molecule has 0 aliphatic rings. The molecular weight excluding hydrogens is 458 g/mol. The highest BCUT2D eigenvalue weighted by atomic mass is 79.9. The lowest BCUT2D eigenvalue weighted by Crippen LogP contribution is -2.35. The van der Waals surface area contributed by atoms with Gasteiger partial charge in [-0.25, -0.2) is 4.90 Å². The van der Waals surface area contributed by atoms with E-state index < -0.39 is 11.8 Å². The predicted molar refractivity (Wildman–Crippen MR) is 113 cm³/mol. The topological polar surface area (TPSA) is 111 Å². The smallest absolute Gasteiger partial charge is 0.244 e. The van der Waals surface area contributed by atoms with Crippen molar-refractivity contribution >= 4 is 51.4 Å². The molecule has 8 nitrogen and oxygen atoms in total. The maximum atomic E-state index is 11.8. The fourth-order valence-corrected chi connectivity index (χ4v) is 3.46. The molecule has 10 heteroatoms. The molecule has 0 spiro atoms. The van der Waals surface area contributed by atoms with E-state index >= 15 is 0 Å². The van der Waals surface area contributed by atoms with Crippen LogP contribution in [0.5, 0.6) is 11.5 Å². The van der Waals surface area contributed by atoms with E-state index in [1.54, 1.807) is 0 Å². The number of ether oxygens (including phenoxy) is 1. The van der Waals surface area contributed by atoms with Crippen molar-refractivity contribution in [2.75, 3.05) is 10.6 Å². The van der Waals surface area contributed by atoms with E-state index in [0.717, 1.165) is 14.3 Å². The summed E-state index contributed by atoms with van der Waals surface area (Å²) in [6, 6.07) is 14.9. The maximum Gasteiger partial charge on any atom is 0.244 e. The van der Waals surface area contributed by atoms with Crippen molar-refractivity contribution in [3.63, 3.8) is 0 Å². The maximum absolute atomic E-state index is 11.8. The van der Waals surface area contributed by atoms with Crippen LogP contribution in [0.4, 0.5) is 11.9 Å². The van der Waals surface area contributed by atoms with Crippen molar-refractivity contribution in [2.24, 2.45) is 0 Å². The van der Waals surface area contributed by atoms with Crippen molar-refractivity contribution < 1.29 is 14.3 Å². The number of aromatic nitrogens is 3. The molecule has 1 heterocycles. The third-order valence-corrected chi connectivity index (χ3v) is 5.04. The number of para-hydroxylation sites is 1. The van der Waals surface area contributed by atoms with Crippen molar-refractivity contribution in [1.29, 1.82) is 0 Å². The largest absolute Gasteiger partial charge is 0.456 e. The fourth-order valence-electron chi connectivity index (χ4n) is 2.36. The van der Waals surface area contributed by atoms with E-state index in [1.165, 1.54) is 25.6 Å². The Bertz CT molecular complexity index is 1050. The minimum Gasteiger partial charge on any atom is -0.456 e. The Kier molecular flexibility index (Phi) is 6.45. The molecular formula is C19H16BrN5O3S. The second-order valence-corrected chi connectivity index (χ2v) is 7.65. The highest BCUT2D eigenvalue weighted by Gasteiger charge is 2.21. The zero-order valence-corrected chi connectivity index (χ0v) is 17.9. The van der Waals surface area contributed by atoms with Crippen LogP contribution in [0.3, 0.4) is 0 Å². The Morgan fingerprint density at radius 1 is 1.03 bits per heavy atom. The first-order valence-electron chi connectivity index (χ1n) is 8.36. The first kappa shape index (κ1) is 20.7. The third kappa shape index (κ3) is 5.30. The highest BCUT2D eigenvalue weighted by molar-refractivity contribution is 9.10. The molecule has 0 atom stereocenters. The van der Waals surface area contributed by atoms with Crippen LogP contribution < -0.4 is 15.4 Å². The summed E-state index contributed by atoms with van der Waals surface area (Å²) in [6.07, 6.45) is 0. The molecule has 2 aromatic carbocycles. The molecule has 1 aromatic heterocycles. The van der Waals surface area contributed by atoms with Crippen LogP contribution in [0.2, 0.25) is 0 Å². The molecule has 2 N–H and O–H groups in total. The van der Waals surface area contributed by atoms with Gasteiger partial charge in [0.2, 0.25) is 23.7 Å². The van der Waals surface area contributed by atoms with Crippen LogP contribution in [0, 0.1) is 0 Å². The number of carbonyl (C=O) groups is 2. The lowest BCUT2D eigenvalue weighted by molar-refractivity contribution is -0.124. The van der Waals surface area contributed by atoms with Crippen LogP contribution in [0.1, 0.15) is 13.8 Å². The number of hydrogen-bond acceptors (Lipinski definition) is 8. The standard InChI is InChI=1S/C19H16BrN5O3S/c1-11(26)25(12(2)27)18-22-17(21)23-19(24-18)29-14-8-9-15(20)16(10-14)28-13-6-4-3-5-7-13/h3-10H,1-2H3,(H2,21,22,23,24). The van der Waals surface area contributed by atoms with Crippen LogP contribution in [-0.2, 0) is 9.59 Å². The van der Waals surface area contributed by atoms with Gasteiger partial charge in [-0.2, -0.15) is 15.0 Å². The zero-order valence-electron chi connectivity index (χ0n) is 15.5. The third-order valence-electron chi connectivity index (χ3n) is 3.53. The molecule has 0 unspecified atom stereocenters. The van der Waals surface area contributed by atoms with Gasteiger partial charge >= 0.3 is 0 Å². The average Bonchev–Trinajstić information content (AvgIpc) is 2.64. The van der Waals surface area contributed by atoms with Crippen LogP contribution in [-0.4, -0.2) is 26.8 Å². The second-order valence-electron chi connectivity index (χ2n) is 5.76. The molecule has 3 rings (SSSR count). The Labute approximate surface area is 179 Å². The quantitative estimate of drug-likeness (QED) is 0.590. The molecule has 2 amide bonds. The van der Waals surface area contributed by atoms with E-state index in [9.17, 15) is 9.59 Å². The molecule has 0 aliphatic carbocycles. The minimum absolute atomic E-state index is 0.0946. The number of carbonyl (C=O) groups excluding carboxylic acids is 2. The Balaban J connectivity index is 1.89. The number of nitrogens with zero attached hydrogens (tertiary/aromatic N) is 4. The summed E-state index contributed by atoms with van der Waals surface area (Å²) in [7, 11) is 0. The highest BCUT2D eigenvalue weighted by Crippen LogP contribution is 2.35. The Hall–Kier alpha value is -2.98. The summed E-state index contributed by atoms with van der Waals surface area (Å²) in [4.78, 5) is 37.3. The predicted octanol–water partition coefficient (Wildman–Crippen LogP) is 4.06. The number of nitrogens with two attached hydrogens (primary N) is 1. The van der Waals surface area contributed by atoms with Gasteiger partial charge in [0.05, 0.1) is 4.47 Å². The normalized spacial score (nSPS) is 10.4. The summed E-state index contributed by atoms with van der Waals surface area (Å²) >= 11 is 4.67. The SMILES string of the molecule is CC(=O)N(C(C)=O)c1nc(N)nc(Sc2ccc(Br)c(Oc3ccccc3)c2)n1. The van der Waals surface area contributed by atoms with Crippen molar-refractivity contribution in [3.8, 4) is 11.5 Å². The monoisotopic (exact) mass is 473 g/mol. The molecule has 148 valence electrons. The van der Waals surface area contributed by atoms with Gasteiger partial charge in [0.25, 0.3) is 0 Å². The molecule has 3 aromatic rings. The van der Waals surface area contributed by atoms with Crippen molar-refractivity contribution in [3.05, 3.63) is 53.0 Å². The first-order valence-corrected chi connectivity index (χ1v) is 9.97. The summed E-state index contributed by atoms with van der Waals surface area (Å²) in [6.45, 7) is 2.49. The van der Waals surface area contributed by atoms with Crippen LogP contribution in [0.15, 0.2) is 63.1 Å². The minimum atomic E-state index is -0.513. The molecule has 0 aliphatic heterocycles. The van der Waals surface area contributed by atoms with E-state index in [1.807, 2.05) is 48.5 Å². The van der Waals surface area contributed by atoms with E-state index in [4.69, 9.17) is 10.5 Å². The Morgan fingerprint density at radius 2 is 1.72 bits per heavy atom. The van der Waals surface area contributed by atoms with E-state index in [-0.39, 0.29) is 17.1 Å². The second kappa shape index (κ2) is 9.01. The van der Waals surface area contributed by atoms with Gasteiger partial charge in [0.15, 0.2) is 5.16 Å². The lowest BCUT2D eigenvalue weighted by atomic mass is 10.3. The van der Waals surface area contributed by atoms with Crippen molar-refractivity contribution in [1.82, 2.24) is 15.0 Å². The molecule has 0 bridgehead atoms. The number of nitrogen functional groups attached to an aromatic ring is 1. The summed E-state index contributed by atoms with van der Waals surface area (Å²) in [5.74, 6) is 0.0707. The summed E-state index contributed by atoms with van der Waals surface area (Å²) < 4.78 is 6.68. The molecule has 0 saturated heterocycles. The zero-order chi connectivity index (χ0) is 21.0. The van der Waals surface area contributed by atoms with Gasteiger partial charge in [0, 0.05) is 18.7 Å². The van der Waals surface area contributed by atoms with Gasteiger partial charge in [-0.05, 0) is 58.0 Å². The van der Waals surface area contributed by atoms with Crippen LogP contribution in [0.25, 0.3) is 0 Å². The number of imide groups is 1. The number of rotatable bonds is 5. The number of amides is 2. The first-order chi connectivity index (χ1) is 13.8. The van der Waals surface area contributed by atoms with Gasteiger partial charge in [-0.15, -0.1) is 0 Å². The fraction of sp³-hybridized carbons (Fsp3) is 0.105. The van der Waals surface area contributed by atoms with Gasteiger partial charge in [0.1, 0.15) is 11.5 Å². The molecule has 0 radical (unpaired) electrons. The number of anilines is 2. The van der Waals surface area contributed by atoms with Crippen LogP contribution >= 0.6 is 27.7 Å². The molecule has 0 fully saturated rings. The number of benzene rings is 2. The van der Waals surface area contributed by atoms with Crippen molar-refractivity contribution in [2.45, 2.75) is 23.9 Å². The molecule has 29 heavy (non-hydrogen) atoms. The van der Waals surface area contributed by atoms with Gasteiger partial charge in [-0.1, -0.05) is 18.2 Å². The number of hydrogen-bond donors (Lipinski definition) is 1. The molecule has 0 saturated carbocycles. The summed E-state index contributed by atoms with van der Waals surface area (Å²) in [5.41, 5.74) is 5.75. The van der Waals surface area contributed by atoms with E-state index in [2.05, 4.69) is 30.9 Å². The van der Waals surface area contributed by atoms with Gasteiger partial charge < -0.3 is 10.5 Å². The Morgan fingerprint density at radius 3 is 2.38 bits per heavy atom. The van der Waals surface area contributed by atoms with E-state index in [0.29, 0.717) is 11.5 Å². The van der Waals surface area contributed by atoms with Gasteiger partial charge in [-0.3, -0.25) is 9.59 Å². The number of halogens is 1. The summed E-state index contributed by atoms with van der Waals surface area (Å²) in [5, 5.41) is 0.244. The lowest BCUT2D eigenvalue weighted by Gasteiger charge is -2.15.